The highest BCUT2D eigenvalue weighted by molar-refractivity contribution is 5.69. The molecule has 0 amide bonds. The van der Waals surface area contributed by atoms with Gasteiger partial charge in [-0.15, -0.1) is 0 Å². The van der Waals surface area contributed by atoms with Crippen LogP contribution in [0.1, 0.15) is 73.1 Å². The third-order valence-electron chi connectivity index (χ3n) is 2.53. The minimum atomic E-state index is -0.713. The normalized spacial score (nSPS) is 10.2. The Morgan fingerprint density at radius 1 is 1.05 bits per heavy atom. The Balaban J connectivity index is 0. The van der Waals surface area contributed by atoms with Gasteiger partial charge in [-0.25, -0.2) is 0 Å². The van der Waals surface area contributed by atoms with E-state index in [1.54, 1.807) is 0 Å². The monoisotopic (exact) mass is 288 g/mol. The van der Waals surface area contributed by atoms with Crippen molar-refractivity contribution < 1.29 is 19.4 Å². The molecule has 0 heterocycles. The molecule has 20 heavy (non-hydrogen) atoms. The molecule has 1 N–H and O–H groups in total. The van der Waals surface area contributed by atoms with E-state index < -0.39 is 5.97 Å². The van der Waals surface area contributed by atoms with Gasteiger partial charge in [-0.05, 0) is 24.7 Å². The van der Waals surface area contributed by atoms with Gasteiger partial charge in [0, 0.05) is 12.8 Å². The molecule has 4 heteroatoms. The summed E-state index contributed by atoms with van der Waals surface area (Å²) in [6, 6.07) is 0. The van der Waals surface area contributed by atoms with E-state index in [2.05, 4.69) is 20.8 Å². The average Bonchev–Trinajstić information content (AvgIpc) is 2.27. The van der Waals surface area contributed by atoms with Crippen LogP contribution in [0.5, 0.6) is 0 Å². The first-order chi connectivity index (χ1) is 9.29. The van der Waals surface area contributed by atoms with Gasteiger partial charge in [0.2, 0.25) is 0 Å². The van der Waals surface area contributed by atoms with Gasteiger partial charge in [0.25, 0.3) is 0 Å². The fourth-order valence-electron chi connectivity index (χ4n) is 1.35. The van der Waals surface area contributed by atoms with Crippen molar-refractivity contribution >= 4 is 11.9 Å². The van der Waals surface area contributed by atoms with Crippen LogP contribution in [0, 0.1) is 11.8 Å². The maximum atomic E-state index is 11.1. The second-order valence-corrected chi connectivity index (χ2v) is 5.85. The smallest absolute Gasteiger partial charge is 0.305 e. The number of rotatable bonds is 9. The summed E-state index contributed by atoms with van der Waals surface area (Å²) < 4.78 is 5.06. The molecule has 0 aliphatic carbocycles. The number of hydrogen-bond donors (Lipinski definition) is 1. The molecule has 0 aliphatic rings. The average molecular weight is 288 g/mol. The highest BCUT2D eigenvalue weighted by atomic mass is 16.5. The molecular weight excluding hydrogens is 256 g/mol. The lowest BCUT2D eigenvalue weighted by atomic mass is 10.1. The van der Waals surface area contributed by atoms with Crippen molar-refractivity contribution in [2.75, 3.05) is 6.61 Å². The zero-order chi connectivity index (χ0) is 16.0. The summed E-state index contributed by atoms with van der Waals surface area (Å²) in [6.45, 7) is 10.7. The molecular formula is C16H32O4. The van der Waals surface area contributed by atoms with Crippen molar-refractivity contribution in [1.82, 2.24) is 0 Å². The first-order valence-corrected chi connectivity index (χ1v) is 7.66. The molecule has 0 aromatic heterocycles. The number of esters is 1. The van der Waals surface area contributed by atoms with Crippen LogP contribution in [0.15, 0.2) is 0 Å². The largest absolute Gasteiger partial charge is 0.481 e. The molecule has 0 fully saturated rings. The summed E-state index contributed by atoms with van der Waals surface area (Å²) in [5, 5.41) is 8.08. The number of hydrogen-bond acceptors (Lipinski definition) is 3. The third-order valence-corrected chi connectivity index (χ3v) is 2.53. The topological polar surface area (TPSA) is 63.6 Å². The number of carbonyl (C=O) groups is 2. The van der Waals surface area contributed by atoms with Crippen LogP contribution in [-0.4, -0.2) is 23.7 Å². The van der Waals surface area contributed by atoms with Gasteiger partial charge >= 0.3 is 11.9 Å². The van der Waals surface area contributed by atoms with Crippen molar-refractivity contribution in [2.24, 2.45) is 11.8 Å². The molecule has 0 radical (unpaired) electrons. The van der Waals surface area contributed by atoms with E-state index in [1.165, 1.54) is 0 Å². The molecule has 0 bridgehead atoms. The number of carboxylic acids is 1. The second-order valence-electron chi connectivity index (χ2n) is 5.85. The predicted molar refractivity (Wildman–Crippen MR) is 81.6 cm³/mol. The number of carboxylic acid groups (broad SMARTS) is 1. The summed E-state index contributed by atoms with van der Waals surface area (Å²) >= 11 is 0. The second kappa shape index (κ2) is 14.4. The van der Waals surface area contributed by atoms with Crippen LogP contribution in [0.2, 0.25) is 0 Å². The van der Waals surface area contributed by atoms with Crippen LogP contribution in [0.4, 0.5) is 0 Å². The fourth-order valence-corrected chi connectivity index (χ4v) is 1.35. The van der Waals surface area contributed by atoms with Crippen molar-refractivity contribution in [3.05, 3.63) is 0 Å². The van der Waals surface area contributed by atoms with Crippen molar-refractivity contribution in [3.8, 4) is 0 Å². The number of carbonyl (C=O) groups excluding carboxylic acids is 1. The van der Waals surface area contributed by atoms with Gasteiger partial charge in [-0.1, -0.05) is 47.5 Å². The number of aliphatic carboxylic acids is 1. The van der Waals surface area contributed by atoms with E-state index in [-0.39, 0.29) is 18.3 Å². The minimum absolute atomic E-state index is 0.0332. The number of ether oxygens (including phenoxy) is 1. The molecule has 0 rings (SSSR count). The lowest BCUT2D eigenvalue weighted by Crippen LogP contribution is -2.07. The molecule has 0 aromatic carbocycles. The first kappa shape index (κ1) is 21.2. The lowest BCUT2D eigenvalue weighted by Gasteiger charge is -2.06. The predicted octanol–water partition coefficient (Wildman–Crippen LogP) is 4.27. The van der Waals surface area contributed by atoms with Crippen LogP contribution in [0.25, 0.3) is 0 Å². The maximum Gasteiger partial charge on any atom is 0.305 e. The van der Waals surface area contributed by atoms with Gasteiger partial charge in [0.05, 0.1) is 6.61 Å². The maximum absolute atomic E-state index is 11.1. The SMILES string of the molecule is CC(C)CC(=O)O.CCCCCC(=O)OCCC(C)C. The van der Waals surface area contributed by atoms with Gasteiger partial charge in [-0.3, -0.25) is 9.59 Å². The molecule has 0 saturated carbocycles. The van der Waals surface area contributed by atoms with E-state index in [4.69, 9.17) is 9.84 Å². The molecule has 0 atom stereocenters. The highest BCUT2D eigenvalue weighted by Crippen LogP contribution is 2.03. The Kier molecular flexibility index (Phi) is 15.2. The van der Waals surface area contributed by atoms with Gasteiger partial charge in [-0.2, -0.15) is 0 Å². The Labute approximate surface area is 123 Å². The molecule has 0 spiro atoms. The summed E-state index contributed by atoms with van der Waals surface area (Å²) in [4.78, 5) is 20.9. The molecule has 0 saturated heterocycles. The summed E-state index contributed by atoms with van der Waals surface area (Å²) in [7, 11) is 0. The van der Waals surface area contributed by atoms with Gasteiger partial charge < -0.3 is 9.84 Å². The third kappa shape index (κ3) is 22.1. The van der Waals surface area contributed by atoms with E-state index in [0.29, 0.717) is 18.9 Å². The minimum Gasteiger partial charge on any atom is -0.481 e. The Morgan fingerprint density at radius 2 is 1.65 bits per heavy atom. The Hall–Kier alpha value is -1.06. The molecule has 0 aromatic rings. The van der Waals surface area contributed by atoms with Crippen molar-refractivity contribution in [3.63, 3.8) is 0 Å². The van der Waals surface area contributed by atoms with Gasteiger partial charge in [0.1, 0.15) is 0 Å². The van der Waals surface area contributed by atoms with E-state index in [9.17, 15) is 9.59 Å². The van der Waals surface area contributed by atoms with Crippen LogP contribution in [0.3, 0.4) is 0 Å². The van der Waals surface area contributed by atoms with Crippen molar-refractivity contribution in [1.29, 1.82) is 0 Å². The molecule has 0 aliphatic heterocycles. The summed E-state index contributed by atoms with van der Waals surface area (Å²) in [5.74, 6) is 0.144. The quantitative estimate of drug-likeness (QED) is 0.508. The molecule has 0 unspecified atom stereocenters. The summed E-state index contributed by atoms with van der Waals surface area (Å²) in [6.07, 6.45) is 5.08. The first-order valence-electron chi connectivity index (χ1n) is 7.66. The summed E-state index contributed by atoms with van der Waals surface area (Å²) in [5.41, 5.74) is 0. The number of unbranched alkanes of at least 4 members (excludes halogenated alkanes) is 2. The highest BCUT2D eigenvalue weighted by Gasteiger charge is 2.02. The van der Waals surface area contributed by atoms with Crippen molar-refractivity contribution in [2.45, 2.75) is 73.1 Å². The van der Waals surface area contributed by atoms with E-state index >= 15 is 0 Å². The van der Waals surface area contributed by atoms with Crippen LogP contribution < -0.4 is 0 Å². The van der Waals surface area contributed by atoms with E-state index in [0.717, 1.165) is 25.7 Å². The Morgan fingerprint density at radius 3 is 2.00 bits per heavy atom. The lowest BCUT2D eigenvalue weighted by molar-refractivity contribution is -0.144. The zero-order valence-electron chi connectivity index (χ0n) is 13.8. The Bertz CT molecular complexity index is 247. The molecule has 120 valence electrons. The standard InChI is InChI=1S/C11H22O2.C5H10O2/c1-4-5-6-7-11(12)13-9-8-10(2)3;1-4(2)3-5(6)7/h10H,4-9H2,1-3H3;4H,3H2,1-2H3,(H,6,7). The van der Waals surface area contributed by atoms with Crippen LogP contribution >= 0.6 is 0 Å². The van der Waals surface area contributed by atoms with Gasteiger partial charge in [0.15, 0.2) is 0 Å². The zero-order valence-corrected chi connectivity index (χ0v) is 13.8. The van der Waals surface area contributed by atoms with Crippen LogP contribution in [-0.2, 0) is 14.3 Å². The fraction of sp³-hybridized carbons (Fsp3) is 0.875. The van der Waals surface area contributed by atoms with E-state index in [1.807, 2.05) is 13.8 Å². The molecule has 4 nitrogen and oxygen atoms in total.